The highest BCUT2D eigenvalue weighted by atomic mass is 16.5. The summed E-state index contributed by atoms with van der Waals surface area (Å²) in [5, 5.41) is 0. The van der Waals surface area contributed by atoms with E-state index >= 15 is 0 Å². The Morgan fingerprint density at radius 3 is 2.33 bits per heavy atom. The molecule has 0 spiro atoms. The maximum absolute atomic E-state index is 6.29. The lowest BCUT2D eigenvalue weighted by Gasteiger charge is -2.28. The predicted molar refractivity (Wildman–Crippen MR) is 77.4 cm³/mol. The molecule has 0 radical (unpaired) electrons. The largest absolute Gasteiger partial charge is 0.490 e. The molecule has 0 aliphatic heterocycles. The van der Waals surface area contributed by atoms with Crippen LogP contribution in [-0.4, -0.2) is 6.10 Å². The monoisotopic (exact) mass is 246 g/mol. The fraction of sp³-hybridized carbons (Fsp3) is 0.647. The molecule has 0 unspecified atom stereocenters. The third kappa shape index (κ3) is 3.28. The Balaban J connectivity index is 2.21. The van der Waals surface area contributed by atoms with Crippen LogP contribution in [-0.2, 0) is 5.41 Å². The molecule has 1 fully saturated rings. The first-order valence-electron chi connectivity index (χ1n) is 7.24. The van der Waals surface area contributed by atoms with Crippen LogP contribution >= 0.6 is 0 Å². The molecule has 100 valence electrons. The molecular formula is C17H26O. The van der Waals surface area contributed by atoms with Crippen molar-refractivity contribution in [2.75, 3.05) is 0 Å². The van der Waals surface area contributed by atoms with E-state index in [1.807, 2.05) is 0 Å². The van der Waals surface area contributed by atoms with Gasteiger partial charge < -0.3 is 4.74 Å². The van der Waals surface area contributed by atoms with Crippen LogP contribution in [0.2, 0.25) is 0 Å². The average molecular weight is 246 g/mol. The Kier molecular flexibility index (Phi) is 3.99. The minimum atomic E-state index is 0.150. The van der Waals surface area contributed by atoms with E-state index in [9.17, 15) is 0 Å². The van der Waals surface area contributed by atoms with Gasteiger partial charge in [-0.3, -0.25) is 0 Å². The van der Waals surface area contributed by atoms with Crippen molar-refractivity contribution in [2.24, 2.45) is 0 Å². The van der Waals surface area contributed by atoms with Crippen molar-refractivity contribution in [1.29, 1.82) is 0 Å². The molecule has 1 heteroatoms. The molecule has 0 amide bonds. The van der Waals surface area contributed by atoms with Crippen LogP contribution in [0.5, 0.6) is 5.75 Å². The molecule has 0 heterocycles. The Labute approximate surface area is 112 Å². The molecule has 0 bridgehead atoms. The number of benzene rings is 1. The molecule has 1 aromatic carbocycles. The average Bonchev–Trinajstić information content (AvgIpc) is 2.28. The van der Waals surface area contributed by atoms with Gasteiger partial charge >= 0.3 is 0 Å². The number of aryl methyl sites for hydroxylation is 1. The standard InChI is InChI=1S/C17H26O/c1-13-10-11-15(17(2,3)4)16(12-13)18-14-8-6-5-7-9-14/h10-12,14H,5-9H2,1-4H3. The summed E-state index contributed by atoms with van der Waals surface area (Å²) in [6.07, 6.45) is 6.89. The van der Waals surface area contributed by atoms with Gasteiger partial charge in [-0.15, -0.1) is 0 Å². The summed E-state index contributed by atoms with van der Waals surface area (Å²) in [6, 6.07) is 6.62. The van der Waals surface area contributed by atoms with Crippen LogP contribution < -0.4 is 4.74 Å². The molecule has 0 N–H and O–H groups in total. The second kappa shape index (κ2) is 5.34. The van der Waals surface area contributed by atoms with Gasteiger partial charge in [-0.25, -0.2) is 0 Å². The van der Waals surface area contributed by atoms with Crippen molar-refractivity contribution in [3.05, 3.63) is 29.3 Å². The van der Waals surface area contributed by atoms with Crippen molar-refractivity contribution >= 4 is 0 Å². The summed E-state index contributed by atoms with van der Waals surface area (Å²) < 4.78 is 6.29. The first-order valence-corrected chi connectivity index (χ1v) is 7.24. The van der Waals surface area contributed by atoms with Crippen LogP contribution in [0, 0.1) is 6.92 Å². The zero-order valence-corrected chi connectivity index (χ0v) is 12.3. The predicted octanol–water partition coefficient (Wildman–Crippen LogP) is 5.00. The molecule has 0 saturated heterocycles. The summed E-state index contributed by atoms with van der Waals surface area (Å²) in [6.45, 7) is 8.91. The third-order valence-corrected chi connectivity index (χ3v) is 3.79. The highest BCUT2D eigenvalue weighted by Crippen LogP contribution is 2.34. The van der Waals surface area contributed by atoms with Crippen LogP contribution in [0.15, 0.2) is 18.2 Å². The molecule has 1 saturated carbocycles. The zero-order valence-electron chi connectivity index (χ0n) is 12.3. The summed E-state index contributed by atoms with van der Waals surface area (Å²) >= 11 is 0. The van der Waals surface area contributed by atoms with Gasteiger partial charge in [0, 0.05) is 0 Å². The van der Waals surface area contributed by atoms with E-state index in [1.54, 1.807) is 0 Å². The van der Waals surface area contributed by atoms with Crippen LogP contribution in [0.1, 0.15) is 64.0 Å². The van der Waals surface area contributed by atoms with Gasteiger partial charge in [0.2, 0.25) is 0 Å². The molecule has 1 aromatic rings. The van der Waals surface area contributed by atoms with Crippen molar-refractivity contribution < 1.29 is 4.74 Å². The number of ether oxygens (including phenoxy) is 1. The third-order valence-electron chi connectivity index (χ3n) is 3.79. The fourth-order valence-corrected chi connectivity index (χ4v) is 2.71. The van der Waals surface area contributed by atoms with Gasteiger partial charge in [0.25, 0.3) is 0 Å². The van der Waals surface area contributed by atoms with E-state index in [0.717, 1.165) is 5.75 Å². The first-order chi connectivity index (χ1) is 8.47. The Bertz CT molecular complexity index is 395. The van der Waals surface area contributed by atoms with E-state index in [4.69, 9.17) is 4.74 Å². The van der Waals surface area contributed by atoms with Gasteiger partial charge in [-0.1, -0.05) is 39.3 Å². The van der Waals surface area contributed by atoms with Gasteiger partial charge in [0.15, 0.2) is 0 Å². The van der Waals surface area contributed by atoms with Gasteiger partial charge in [0.1, 0.15) is 5.75 Å². The summed E-state index contributed by atoms with van der Waals surface area (Å²) in [4.78, 5) is 0. The number of hydrogen-bond donors (Lipinski definition) is 0. The molecule has 0 atom stereocenters. The Morgan fingerprint density at radius 2 is 1.72 bits per heavy atom. The van der Waals surface area contributed by atoms with E-state index in [0.29, 0.717) is 6.10 Å². The van der Waals surface area contributed by atoms with Crippen molar-refractivity contribution in [3.63, 3.8) is 0 Å². The Hall–Kier alpha value is -0.980. The minimum absolute atomic E-state index is 0.150. The lowest BCUT2D eigenvalue weighted by Crippen LogP contribution is -2.22. The second-order valence-corrected chi connectivity index (χ2v) is 6.63. The van der Waals surface area contributed by atoms with Crippen LogP contribution in [0.25, 0.3) is 0 Å². The number of rotatable bonds is 2. The van der Waals surface area contributed by atoms with Crippen LogP contribution in [0.4, 0.5) is 0 Å². The first kappa shape index (κ1) is 13.5. The minimum Gasteiger partial charge on any atom is -0.490 e. The molecule has 1 nitrogen and oxygen atoms in total. The molecule has 18 heavy (non-hydrogen) atoms. The van der Waals surface area contributed by atoms with E-state index in [2.05, 4.69) is 45.9 Å². The van der Waals surface area contributed by atoms with Gasteiger partial charge in [-0.2, -0.15) is 0 Å². The zero-order chi connectivity index (χ0) is 13.2. The topological polar surface area (TPSA) is 9.23 Å². The maximum Gasteiger partial charge on any atom is 0.123 e. The van der Waals surface area contributed by atoms with E-state index in [-0.39, 0.29) is 5.41 Å². The maximum atomic E-state index is 6.29. The highest BCUT2D eigenvalue weighted by molar-refractivity contribution is 5.41. The van der Waals surface area contributed by atoms with Gasteiger partial charge in [-0.05, 0) is 55.2 Å². The lowest BCUT2D eigenvalue weighted by atomic mass is 9.85. The summed E-state index contributed by atoms with van der Waals surface area (Å²) in [5.41, 5.74) is 2.77. The summed E-state index contributed by atoms with van der Waals surface area (Å²) in [5.74, 6) is 1.11. The normalized spacial score (nSPS) is 17.8. The van der Waals surface area contributed by atoms with E-state index < -0.39 is 0 Å². The molecule has 2 rings (SSSR count). The lowest BCUT2D eigenvalue weighted by molar-refractivity contribution is 0.152. The van der Waals surface area contributed by atoms with Crippen molar-refractivity contribution in [2.45, 2.75) is 71.3 Å². The van der Waals surface area contributed by atoms with E-state index in [1.165, 1.54) is 43.2 Å². The van der Waals surface area contributed by atoms with Crippen molar-refractivity contribution in [1.82, 2.24) is 0 Å². The van der Waals surface area contributed by atoms with Gasteiger partial charge in [0.05, 0.1) is 6.10 Å². The molecule has 1 aliphatic rings. The fourth-order valence-electron chi connectivity index (χ4n) is 2.71. The van der Waals surface area contributed by atoms with Crippen LogP contribution in [0.3, 0.4) is 0 Å². The smallest absolute Gasteiger partial charge is 0.123 e. The Morgan fingerprint density at radius 1 is 1.06 bits per heavy atom. The quantitative estimate of drug-likeness (QED) is 0.713. The highest BCUT2D eigenvalue weighted by Gasteiger charge is 2.22. The van der Waals surface area contributed by atoms with Crippen molar-refractivity contribution in [3.8, 4) is 5.75 Å². The number of hydrogen-bond acceptors (Lipinski definition) is 1. The SMILES string of the molecule is Cc1ccc(C(C)(C)C)c(OC2CCCCC2)c1. The second-order valence-electron chi connectivity index (χ2n) is 6.63. The molecule has 1 aliphatic carbocycles. The molecular weight excluding hydrogens is 220 g/mol. The molecule has 0 aromatic heterocycles. The summed E-state index contributed by atoms with van der Waals surface area (Å²) in [7, 11) is 0.